The Bertz CT molecular complexity index is 526. The summed E-state index contributed by atoms with van der Waals surface area (Å²) in [5, 5.41) is 1.22. The molecule has 0 atom stereocenters. The molecule has 0 aliphatic carbocycles. The van der Waals surface area contributed by atoms with Crippen molar-refractivity contribution in [1.82, 2.24) is 5.06 Å². The molecular weight excluding hydrogens is 281 g/mol. The van der Waals surface area contributed by atoms with Crippen LogP contribution in [0.25, 0.3) is 0 Å². The third-order valence-corrected chi connectivity index (χ3v) is 4.49. The molecule has 6 heteroatoms. The Balaban J connectivity index is 2.06. The second kappa shape index (κ2) is 6.03. The van der Waals surface area contributed by atoms with E-state index in [0.29, 0.717) is 6.42 Å². The van der Waals surface area contributed by atoms with Crippen molar-refractivity contribution >= 4 is 18.5 Å². The van der Waals surface area contributed by atoms with Crippen LogP contribution in [0.15, 0.2) is 24.3 Å². The first kappa shape index (κ1) is 17.0. The summed E-state index contributed by atoms with van der Waals surface area (Å²) >= 11 is 0. The fourth-order valence-corrected chi connectivity index (χ4v) is 2.16. The Morgan fingerprint density at radius 3 is 2.09 bits per heavy atom. The number of carbonyl (C=O) groups is 1. The number of nitrogens with zero attached hydrogens (tertiary/aromatic N) is 1. The minimum absolute atomic E-state index is 0.0918. The van der Waals surface area contributed by atoms with Crippen molar-refractivity contribution in [1.29, 1.82) is 0 Å². The summed E-state index contributed by atoms with van der Waals surface area (Å²) < 4.78 is 12.0. The molecule has 2 rings (SSSR count). The maximum Gasteiger partial charge on any atom is 0.494 e. The molecule has 0 saturated carbocycles. The zero-order valence-corrected chi connectivity index (χ0v) is 14.2. The first-order valence-electron chi connectivity index (χ1n) is 7.41. The maximum absolute atomic E-state index is 11.8. The van der Waals surface area contributed by atoms with E-state index in [9.17, 15) is 4.79 Å². The Morgan fingerprint density at radius 1 is 1.14 bits per heavy atom. The molecule has 0 bridgehead atoms. The third-order valence-electron chi connectivity index (χ3n) is 4.49. The molecule has 0 radical (unpaired) electrons. The van der Waals surface area contributed by atoms with Crippen molar-refractivity contribution in [2.24, 2.45) is 0 Å². The van der Waals surface area contributed by atoms with Crippen molar-refractivity contribution in [3.63, 3.8) is 0 Å². The summed E-state index contributed by atoms with van der Waals surface area (Å²) in [7, 11) is 2.69. The lowest BCUT2D eigenvalue weighted by Gasteiger charge is -2.32. The van der Waals surface area contributed by atoms with E-state index in [1.165, 1.54) is 12.2 Å². The van der Waals surface area contributed by atoms with Gasteiger partial charge in [-0.1, -0.05) is 24.3 Å². The van der Waals surface area contributed by atoms with Gasteiger partial charge in [0.05, 0.1) is 24.7 Å². The Kier molecular flexibility index (Phi) is 4.66. The molecule has 0 N–H and O–H groups in total. The van der Waals surface area contributed by atoms with E-state index in [4.69, 9.17) is 14.1 Å². The normalized spacial score (nSPS) is 19.3. The average molecular weight is 305 g/mol. The smallest absolute Gasteiger partial charge is 0.399 e. The van der Waals surface area contributed by atoms with Gasteiger partial charge < -0.3 is 9.31 Å². The van der Waals surface area contributed by atoms with E-state index >= 15 is 0 Å². The van der Waals surface area contributed by atoms with Gasteiger partial charge >= 0.3 is 7.12 Å². The number of hydroxylamine groups is 2. The van der Waals surface area contributed by atoms with Crippen LogP contribution in [0.5, 0.6) is 0 Å². The molecule has 1 aromatic carbocycles. The van der Waals surface area contributed by atoms with Crippen LogP contribution in [0, 0.1) is 0 Å². The third kappa shape index (κ3) is 3.34. The van der Waals surface area contributed by atoms with Crippen molar-refractivity contribution in [2.45, 2.75) is 45.3 Å². The van der Waals surface area contributed by atoms with Crippen LogP contribution in [0.4, 0.5) is 0 Å². The van der Waals surface area contributed by atoms with Gasteiger partial charge in [-0.15, -0.1) is 0 Å². The molecule has 1 amide bonds. The fraction of sp³-hybridized carbons (Fsp3) is 0.562. The van der Waals surface area contributed by atoms with Crippen LogP contribution >= 0.6 is 0 Å². The lowest BCUT2D eigenvalue weighted by Crippen LogP contribution is -2.41. The topological polar surface area (TPSA) is 48.0 Å². The SMILES string of the molecule is CON(C)C(=O)Cc1ccc(B2OC(C)(C)C(C)(C)O2)cc1. The molecule has 22 heavy (non-hydrogen) atoms. The lowest BCUT2D eigenvalue weighted by molar-refractivity contribution is -0.167. The lowest BCUT2D eigenvalue weighted by atomic mass is 9.79. The summed E-state index contributed by atoms with van der Waals surface area (Å²) in [6, 6.07) is 7.72. The largest absolute Gasteiger partial charge is 0.494 e. The van der Waals surface area contributed by atoms with Crippen LogP contribution in [0.2, 0.25) is 0 Å². The van der Waals surface area contributed by atoms with Crippen molar-refractivity contribution in [3.8, 4) is 0 Å². The molecule has 1 aromatic rings. The number of likely N-dealkylation sites (N-methyl/N-ethyl adjacent to an activating group) is 1. The molecule has 0 spiro atoms. The minimum Gasteiger partial charge on any atom is -0.399 e. The highest BCUT2D eigenvalue weighted by Gasteiger charge is 2.51. The van der Waals surface area contributed by atoms with Gasteiger partial charge in [-0.3, -0.25) is 9.63 Å². The first-order chi connectivity index (χ1) is 10.2. The van der Waals surface area contributed by atoms with Gasteiger partial charge in [0.2, 0.25) is 5.91 Å². The molecule has 120 valence electrons. The molecule has 1 saturated heterocycles. The van der Waals surface area contributed by atoms with E-state index in [1.807, 2.05) is 52.0 Å². The van der Waals surface area contributed by atoms with Crippen molar-refractivity contribution < 1.29 is 18.9 Å². The molecule has 1 aliphatic rings. The number of carbonyl (C=O) groups excluding carboxylic acids is 1. The minimum atomic E-state index is -0.378. The molecular formula is C16H24BNO4. The van der Waals surface area contributed by atoms with Gasteiger partial charge in [0, 0.05) is 7.05 Å². The van der Waals surface area contributed by atoms with Crippen molar-refractivity contribution in [3.05, 3.63) is 29.8 Å². The molecule has 0 aromatic heterocycles. The first-order valence-corrected chi connectivity index (χ1v) is 7.41. The second-order valence-electron chi connectivity index (χ2n) is 6.58. The molecule has 5 nitrogen and oxygen atoms in total. The van der Waals surface area contributed by atoms with E-state index in [0.717, 1.165) is 11.0 Å². The Labute approximate surface area is 132 Å². The monoisotopic (exact) mass is 305 g/mol. The zero-order chi connectivity index (χ0) is 16.5. The molecule has 0 unspecified atom stereocenters. The number of hydrogen-bond donors (Lipinski definition) is 0. The van der Waals surface area contributed by atoms with Gasteiger partial charge in [-0.05, 0) is 38.7 Å². The Hall–Kier alpha value is -1.37. The van der Waals surface area contributed by atoms with Gasteiger partial charge in [-0.2, -0.15) is 0 Å². The standard InChI is InChI=1S/C16H24BNO4/c1-15(2)16(3,4)22-17(21-15)13-9-7-12(8-10-13)11-14(19)18(5)20-6/h7-10H,11H2,1-6H3. The number of amides is 1. The van der Waals surface area contributed by atoms with Gasteiger partial charge in [-0.25, -0.2) is 5.06 Å². The van der Waals surface area contributed by atoms with E-state index < -0.39 is 0 Å². The van der Waals surface area contributed by atoms with Crippen LogP contribution in [0.1, 0.15) is 33.3 Å². The highest BCUT2D eigenvalue weighted by atomic mass is 16.7. The van der Waals surface area contributed by atoms with Crippen LogP contribution < -0.4 is 5.46 Å². The molecule has 1 fully saturated rings. The maximum atomic E-state index is 11.8. The zero-order valence-electron chi connectivity index (χ0n) is 14.2. The van der Waals surface area contributed by atoms with Gasteiger partial charge in [0.1, 0.15) is 0 Å². The number of benzene rings is 1. The second-order valence-corrected chi connectivity index (χ2v) is 6.58. The summed E-state index contributed by atoms with van der Waals surface area (Å²) in [5.41, 5.74) is 1.17. The number of hydrogen-bond acceptors (Lipinski definition) is 4. The van der Waals surface area contributed by atoms with Crippen LogP contribution in [-0.4, -0.2) is 43.4 Å². The predicted molar refractivity (Wildman–Crippen MR) is 85.6 cm³/mol. The highest BCUT2D eigenvalue weighted by molar-refractivity contribution is 6.62. The molecule has 1 aliphatic heterocycles. The van der Waals surface area contributed by atoms with E-state index in [2.05, 4.69) is 0 Å². The predicted octanol–water partition coefficient (Wildman–Crippen LogP) is 1.55. The fourth-order valence-electron chi connectivity index (χ4n) is 2.16. The quantitative estimate of drug-likeness (QED) is 0.625. The summed E-state index contributed by atoms with van der Waals surface area (Å²) in [6.07, 6.45) is 0.300. The van der Waals surface area contributed by atoms with Crippen LogP contribution in [0.3, 0.4) is 0 Å². The summed E-state index contributed by atoms with van der Waals surface area (Å²) in [6.45, 7) is 8.11. The highest BCUT2D eigenvalue weighted by Crippen LogP contribution is 2.36. The summed E-state index contributed by atoms with van der Waals surface area (Å²) in [4.78, 5) is 16.7. The van der Waals surface area contributed by atoms with Crippen LogP contribution in [-0.2, 0) is 25.4 Å². The van der Waals surface area contributed by atoms with Gasteiger partial charge in [0.15, 0.2) is 0 Å². The Morgan fingerprint density at radius 2 is 1.64 bits per heavy atom. The van der Waals surface area contributed by atoms with E-state index in [-0.39, 0.29) is 24.2 Å². The van der Waals surface area contributed by atoms with Gasteiger partial charge in [0.25, 0.3) is 0 Å². The van der Waals surface area contributed by atoms with E-state index in [1.54, 1.807) is 7.05 Å². The average Bonchev–Trinajstić information content (AvgIpc) is 2.67. The summed E-state index contributed by atoms with van der Waals surface area (Å²) in [5.74, 6) is -0.0918. The number of rotatable bonds is 4. The van der Waals surface area contributed by atoms with Crippen molar-refractivity contribution in [2.75, 3.05) is 14.2 Å². The molecule has 1 heterocycles.